The Morgan fingerprint density at radius 3 is 2.89 bits per heavy atom. The molecule has 0 unspecified atom stereocenters. The van der Waals surface area contributed by atoms with Gasteiger partial charge in [-0.15, -0.1) is 0 Å². The van der Waals surface area contributed by atoms with Gasteiger partial charge in [0.2, 0.25) is 11.7 Å². The molecule has 0 aliphatic carbocycles. The topological polar surface area (TPSA) is 64.9 Å². The summed E-state index contributed by atoms with van der Waals surface area (Å²) in [5.41, 5.74) is 7.06. The molecule has 1 aromatic carbocycles. The molecule has 0 aliphatic rings. The van der Waals surface area contributed by atoms with Crippen molar-refractivity contribution < 1.29 is 8.91 Å². The standard InChI is InChI=1S/C13H16FN3O/c1-3-4-11(15)13-16-12(17-18-13)9-6-5-8(2)10(14)7-9/h5-7,11H,3-4,15H2,1-2H3/t11-/m1/s1. The van der Waals surface area contributed by atoms with Gasteiger partial charge in [0.1, 0.15) is 5.82 Å². The third kappa shape index (κ3) is 2.56. The lowest BCUT2D eigenvalue weighted by Crippen LogP contribution is -2.09. The van der Waals surface area contributed by atoms with E-state index in [0.29, 0.717) is 22.8 Å². The summed E-state index contributed by atoms with van der Waals surface area (Å²) in [5.74, 6) is 0.486. The molecule has 0 aliphatic heterocycles. The van der Waals surface area contributed by atoms with Crippen LogP contribution >= 0.6 is 0 Å². The van der Waals surface area contributed by atoms with Crippen LogP contribution < -0.4 is 5.73 Å². The molecule has 18 heavy (non-hydrogen) atoms. The molecule has 0 bridgehead atoms. The summed E-state index contributed by atoms with van der Waals surface area (Å²) in [6.45, 7) is 3.74. The maximum absolute atomic E-state index is 13.4. The zero-order valence-electron chi connectivity index (χ0n) is 10.5. The second kappa shape index (κ2) is 5.27. The summed E-state index contributed by atoms with van der Waals surface area (Å²) in [6, 6.07) is 4.59. The Morgan fingerprint density at radius 2 is 2.22 bits per heavy atom. The minimum absolute atomic E-state index is 0.258. The van der Waals surface area contributed by atoms with Crippen LogP contribution in [0.2, 0.25) is 0 Å². The van der Waals surface area contributed by atoms with E-state index in [1.807, 2.05) is 6.92 Å². The fourth-order valence-corrected chi connectivity index (χ4v) is 1.67. The molecule has 0 fully saturated rings. The number of benzene rings is 1. The average molecular weight is 249 g/mol. The molecular formula is C13H16FN3O. The Kier molecular flexibility index (Phi) is 3.72. The zero-order valence-corrected chi connectivity index (χ0v) is 10.5. The van der Waals surface area contributed by atoms with Crippen molar-refractivity contribution in [2.24, 2.45) is 5.73 Å². The maximum Gasteiger partial charge on any atom is 0.243 e. The minimum atomic E-state index is -0.281. The summed E-state index contributed by atoms with van der Waals surface area (Å²) in [4.78, 5) is 4.20. The van der Waals surface area contributed by atoms with Gasteiger partial charge in [-0.2, -0.15) is 4.98 Å². The van der Waals surface area contributed by atoms with E-state index in [4.69, 9.17) is 10.3 Å². The van der Waals surface area contributed by atoms with E-state index < -0.39 is 0 Å². The van der Waals surface area contributed by atoms with Gasteiger partial charge in [0.25, 0.3) is 0 Å². The second-order valence-corrected chi connectivity index (χ2v) is 4.32. The van der Waals surface area contributed by atoms with Crippen molar-refractivity contribution >= 4 is 0 Å². The summed E-state index contributed by atoms with van der Waals surface area (Å²) in [7, 11) is 0. The molecule has 0 saturated carbocycles. The monoisotopic (exact) mass is 249 g/mol. The number of aromatic nitrogens is 2. The lowest BCUT2D eigenvalue weighted by Gasteiger charge is -2.02. The van der Waals surface area contributed by atoms with Gasteiger partial charge in [-0.1, -0.05) is 30.6 Å². The highest BCUT2D eigenvalue weighted by molar-refractivity contribution is 5.54. The van der Waals surface area contributed by atoms with Crippen molar-refractivity contribution in [1.82, 2.24) is 10.1 Å². The fraction of sp³-hybridized carbons (Fsp3) is 0.385. The van der Waals surface area contributed by atoms with Crippen molar-refractivity contribution in [2.75, 3.05) is 0 Å². The van der Waals surface area contributed by atoms with Gasteiger partial charge in [-0.25, -0.2) is 4.39 Å². The van der Waals surface area contributed by atoms with Crippen molar-refractivity contribution in [2.45, 2.75) is 32.7 Å². The van der Waals surface area contributed by atoms with Crippen LogP contribution in [0, 0.1) is 12.7 Å². The van der Waals surface area contributed by atoms with E-state index in [2.05, 4.69) is 10.1 Å². The second-order valence-electron chi connectivity index (χ2n) is 4.32. The fourth-order valence-electron chi connectivity index (χ4n) is 1.67. The van der Waals surface area contributed by atoms with Crippen LogP contribution in [0.4, 0.5) is 4.39 Å². The number of hydrogen-bond donors (Lipinski definition) is 1. The molecule has 96 valence electrons. The molecule has 2 N–H and O–H groups in total. The molecule has 0 radical (unpaired) electrons. The van der Waals surface area contributed by atoms with Gasteiger partial charge >= 0.3 is 0 Å². The Labute approximate surface area is 105 Å². The molecule has 1 aromatic heterocycles. The third-order valence-corrected chi connectivity index (χ3v) is 2.79. The third-order valence-electron chi connectivity index (χ3n) is 2.79. The first-order chi connectivity index (χ1) is 8.61. The molecule has 1 atom stereocenters. The highest BCUT2D eigenvalue weighted by Gasteiger charge is 2.15. The Hall–Kier alpha value is -1.75. The number of rotatable bonds is 4. The first-order valence-electron chi connectivity index (χ1n) is 5.97. The predicted octanol–water partition coefficient (Wildman–Crippen LogP) is 2.98. The first kappa shape index (κ1) is 12.7. The van der Waals surface area contributed by atoms with Crippen molar-refractivity contribution in [1.29, 1.82) is 0 Å². The molecule has 5 heteroatoms. The van der Waals surface area contributed by atoms with Crippen LogP contribution in [-0.2, 0) is 0 Å². The summed E-state index contributed by atoms with van der Waals surface area (Å²) in [6.07, 6.45) is 1.72. The van der Waals surface area contributed by atoms with Gasteiger partial charge in [-0.3, -0.25) is 0 Å². The smallest absolute Gasteiger partial charge is 0.243 e. The molecule has 4 nitrogen and oxygen atoms in total. The molecule has 0 amide bonds. The maximum atomic E-state index is 13.4. The van der Waals surface area contributed by atoms with Gasteiger partial charge in [0.15, 0.2) is 0 Å². The van der Waals surface area contributed by atoms with Crippen LogP contribution in [0.5, 0.6) is 0 Å². The van der Waals surface area contributed by atoms with E-state index in [9.17, 15) is 4.39 Å². The zero-order chi connectivity index (χ0) is 13.1. The molecular weight excluding hydrogens is 233 g/mol. The van der Waals surface area contributed by atoms with Crippen LogP contribution in [0.3, 0.4) is 0 Å². The number of nitrogens with two attached hydrogens (primary N) is 1. The molecule has 1 heterocycles. The van der Waals surface area contributed by atoms with Crippen LogP contribution in [0.1, 0.15) is 37.3 Å². The van der Waals surface area contributed by atoms with Gasteiger partial charge in [-0.05, 0) is 25.0 Å². The normalized spacial score (nSPS) is 12.7. The van der Waals surface area contributed by atoms with Crippen LogP contribution in [0.25, 0.3) is 11.4 Å². The van der Waals surface area contributed by atoms with E-state index in [0.717, 1.165) is 12.8 Å². The molecule has 2 aromatic rings. The Bertz CT molecular complexity index is 539. The summed E-state index contributed by atoms with van der Waals surface area (Å²) >= 11 is 0. The van der Waals surface area contributed by atoms with Crippen molar-refractivity contribution in [3.63, 3.8) is 0 Å². The van der Waals surface area contributed by atoms with Gasteiger partial charge < -0.3 is 10.3 Å². The highest BCUT2D eigenvalue weighted by Crippen LogP contribution is 2.21. The lowest BCUT2D eigenvalue weighted by molar-refractivity contribution is 0.348. The van der Waals surface area contributed by atoms with E-state index in [1.165, 1.54) is 6.07 Å². The summed E-state index contributed by atoms with van der Waals surface area (Å²) < 4.78 is 18.5. The number of hydrogen-bond acceptors (Lipinski definition) is 4. The predicted molar refractivity (Wildman–Crippen MR) is 66.3 cm³/mol. The number of nitrogens with zero attached hydrogens (tertiary/aromatic N) is 2. The Morgan fingerprint density at radius 1 is 1.44 bits per heavy atom. The van der Waals surface area contributed by atoms with Crippen molar-refractivity contribution in [3.8, 4) is 11.4 Å². The largest absolute Gasteiger partial charge is 0.337 e. The highest BCUT2D eigenvalue weighted by atomic mass is 19.1. The van der Waals surface area contributed by atoms with Crippen molar-refractivity contribution in [3.05, 3.63) is 35.5 Å². The molecule has 0 saturated heterocycles. The number of halogens is 1. The van der Waals surface area contributed by atoms with E-state index >= 15 is 0 Å². The summed E-state index contributed by atoms with van der Waals surface area (Å²) in [5, 5.41) is 3.83. The van der Waals surface area contributed by atoms with Gasteiger partial charge in [0, 0.05) is 5.56 Å². The molecule has 2 rings (SSSR count). The lowest BCUT2D eigenvalue weighted by atomic mass is 10.1. The molecule has 0 spiro atoms. The quantitative estimate of drug-likeness (QED) is 0.904. The van der Waals surface area contributed by atoms with Crippen LogP contribution in [0.15, 0.2) is 22.7 Å². The number of aryl methyl sites for hydroxylation is 1. The first-order valence-corrected chi connectivity index (χ1v) is 5.97. The minimum Gasteiger partial charge on any atom is -0.337 e. The SMILES string of the molecule is CCC[C@@H](N)c1nc(-c2ccc(C)c(F)c2)no1. The van der Waals surface area contributed by atoms with E-state index in [-0.39, 0.29) is 11.9 Å². The average Bonchev–Trinajstić information content (AvgIpc) is 2.82. The Balaban J connectivity index is 2.26. The van der Waals surface area contributed by atoms with Crippen LogP contribution in [-0.4, -0.2) is 10.1 Å². The van der Waals surface area contributed by atoms with E-state index in [1.54, 1.807) is 19.1 Å². The van der Waals surface area contributed by atoms with Gasteiger partial charge in [0.05, 0.1) is 6.04 Å².